The highest BCUT2D eigenvalue weighted by Gasteiger charge is 2.26. The van der Waals surface area contributed by atoms with E-state index in [4.69, 9.17) is 0 Å². The fourth-order valence-electron chi connectivity index (χ4n) is 1.86. The summed E-state index contributed by atoms with van der Waals surface area (Å²) in [7, 11) is 0. The number of carbonyl (C=O) groups is 1. The largest absolute Gasteiger partial charge is 0.383 e. The van der Waals surface area contributed by atoms with Crippen molar-refractivity contribution >= 4 is 22.9 Å². The molecule has 0 saturated carbocycles. The summed E-state index contributed by atoms with van der Waals surface area (Å²) in [5, 5.41) is 8.94. The van der Waals surface area contributed by atoms with Crippen molar-refractivity contribution in [3.05, 3.63) is 40.6 Å². The molecule has 0 aliphatic rings. The van der Waals surface area contributed by atoms with Gasteiger partial charge in [-0.2, -0.15) is 0 Å². The number of carbonyl (C=O) groups excluding carboxylic acids is 1. The molecule has 5 nitrogen and oxygen atoms in total. The number of pyridine rings is 1. The maximum Gasteiger partial charge on any atom is 0.254 e. The van der Waals surface area contributed by atoms with Crippen LogP contribution in [0.15, 0.2) is 30.0 Å². The second kappa shape index (κ2) is 6.00. The normalized spacial score (nSPS) is 11.2. The fraction of sp³-hybridized carbons (Fsp3) is 0.357. The zero-order valence-electron chi connectivity index (χ0n) is 11.8. The molecule has 0 bridgehead atoms. The Hall–Kier alpha value is -1.95. The van der Waals surface area contributed by atoms with Crippen LogP contribution in [-0.4, -0.2) is 22.4 Å². The first-order chi connectivity index (χ1) is 9.54. The van der Waals surface area contributed by atoms with Crippen LogP contribution in [0, 0.1) is 0 Å². The standard InChI is InChI=1S/C14H18N4OS/c1-4-16-11-9-15-6-5-10(11)12(19)18-14(2,3)13-17-7-8-20-13/h5-9,16H,4H2,1-3H3,(H,18,19). The Morgan fingerprint density at radius 3 is 2.85 bits per heavy atom. The molecular formula is C14H18N4OS. The topological polar surface area (TPSA) is 66.9 Å². The van der Waals surface area contributed by atoms with Crippen LogP contribution < -0.4 is 10.6 Å². The molecule has 20 heavy (non-hydrogen) atoms. The van der Waals surface area contributed by atoms with Gasteiger partial charge in [-0.15, -0.1) is 11.3 Å². The monoisotopic (exact) mass is 290 g/mol. The van der Waals surface area contributed by atoms with E-state index in [2.05, 4.69) is 20.6 Å². The van der Waals surface area contributed by atoms with Crippen LogP contribution in [0.1, 0.15) is 36.1 Å². The third-order valence-corrected chi connectivity index (χ3v) is 3.92. The molecular weight excluding hydrogens is 272 g/mol. The summed E-state index contributed by atoms with van der Waals surface area (Å²) in [5.41, 5.74) is 0.826. The first-order valence-electron chi connectivity index (χ1n) is 6.45. The number of hydrogen-bond donors (Lipinski definition) is 2. The summed E-state index contributed by atoms with van der Waals surface area (Å²) >= 11 is 1.53. The highest BCUT2D eigenvalue weighted by molar-refractivity contribution is 7.09. The number of nitrogens with one attached hydrogen (secondary N) is 2. The van der Waals surface area contributed by atoms with E-state index in [1.54, 1.807) is 24.7 Å². The molecule has 2 heterocycles. The molecule has 0 fully saturated rings. The van der Waals surface area contributed by atoms with E-state index in [1.807, 2.05) is 26.2 Å². The molecule has 2 rings (SSSR count). The van der Waals surface area contributed by atoms with Gasteiger partial charge in [-0.1, -0.05) is 0 Å². The quantitative estimate of drug-likeness (QED) is 0.888. The minimum Gasteiger partial charge on any atom is -0.383 e. The number of nitrogens with zero attached hydrogens (tertiary/aromatic N) is 2. The molecule has 0 aliphatic heterocycles. The van der Waals surface area contributed by atoms with Crippen molar-refractivity contribution in [2.24, 2.45) is 0 Å². The lowest BCUT2D eigenvalue weighted by Crippen LogP contribution is -2.41. The molecule has 0 spiro atoms. The van der Waals surface area contributed by atoms with E-state index < -0.39 is 5.54 Å². The van der Waals surface area contributed by atoms with Crippen LogP contribution in [0.5, 0.6) is 0 Å². The lowest BCUT2D eigenvalue weighted by Gasteiger charge is -2.24. The third-order valence-electron chi connectivity index (χ3n) is 2.83. The van der Waals surface area contributed by atoms with Gasteiger partial charge in [0, 0.05) is 24.3 Å². The van der Waals surface area contributed by atoms with Crippen LogP contribution >= 0.6 is 11.3 Å². The zero-order valence-corrected chi connectivity index (χ0v) is 12.6. The summed E-state index contributed by atoms with van der Waals surface area (Å²) in [4.78, 5) is 20.8. The first kappa shape index (κ1) is 14.5. The van der Waals surface area contributed by atoms with Gasteiger partial charge in [0.2, 0.25) is 0 Å². The number of rotatable bonds is 5. The van der Waals surface area contributed by atoms with E-state index >= 15 is 0 Å². The van der Waals surface area contributed by atoms with Crippen molar-refractivity contribution in [2.75, 3.05) is 11.9 Å². The summed E-state index contributed by atoms with van der Waals surface area (Å²) in [6, 6.07) is 1.71. The molecule has 0 aromatic carbocycles. The number of hydrogen-bond acceptors (Lipinski definition) is 5. The van der Waals surface area contributed by atoms with Crippen molar-refractivity contribution in [1.82, 2.24) is 15.3 Å². The minimum absolute atomic E-state index is 0.136. The van der Waals surface area contributed by atoms with Gasteiger partial charge in [0.05, 0.1) is 23.0 Å². The van der Waals surface area contributed by atoms with Gasteiger partial charge < -0.3 is 10.6 Å². The Bertz CT molecular complexity index is 581. The molecule has 2 aromatic heterocycles. The van der Waals surface area contributed by atoms with E-state index in [0.717, 1.165) is 17.2 Å². The van der Waals surface area contributed by atoms with Crippen LogP contribution in [-0.2, 0) is 5.54 Å². The van der Waals surface area contributed by atoms with Crippen molar-refractivity contribution in [3.63, 3.8) is 0 Å². The summed E-state index contributed by atoms with van der Waals surface area (Å²) in [6.45, 7) is 6.60. The minimum atomic E-state index is -0.502. The predicted octanol–water partition coefficient (Wildman–Crippen LogP) is 2.64. The lowest BCUT2D eigenvalue weighted by molar-refractivity contribution is 0.0912. The van der Waals surface area contributed by atoms with Gasteiger partial charge in [0.1, 0.15) is 5.01 Å². The highest BCUT2D eigenvalue weighted by atomic mass is 32.1. The van der Waals surface area contributed by atoms with Gasteiger partial charge in [-0.25, -0.2) is 4.98 Å². The second-order valence-electron chi connectivity index (χ2n) is 4.87. The Morgan fingerprint density at radius 2 is 2.20 bits per heavy atom. The molecule has 2 aromatic rings. The Morgan fingerprint density at radius 1 is 1.40 bits per heavy atom. The van der Waals surface area contributed by atoms with Crippen molar-refractivity contribution < 1.29 is 4.79 Å². The molecule has 6 heteroatoms. The van der Waals surface area contributed by atoms with Gasteiger partial charge in [-0.3, -0.25) is 9.78 Å². The van der Waals surface area contributed by atoms with E-state index in [-0.39, 0.29) is 5.91 Å². The molecule has 1 amide bonds. The van der Waals surface area contributed by atoms with Gasteiger partial charge in [0.25, 0.3) is 5.91 Å². The number of amides is 1. The first-order valence-corrected chi connectivity index (χ1v) is 7.33. The van der Waals surface area contributed by atoms with E-state index in [1.165, 1.54) is 11.3 Å². The number of anilines is 1. The van der Waals surface area contributed by atoms with Crippen molar-refractivity contribution in [2.45, 2.75) is 26.3 Å². The SMILES string of the molecule is CCNc1cnccc1C(=O)NC(C)(C)c1nccs1. The Kier molecular flexibility index (Phi) is 4.34. The smallest absolute Gasteiger partial charge is 0.254 e. The number of thiazole rings is 1. The van der Waals surface area contributed by atoms with Gasteiger partial charge in [-0.05, 0) is 26.8 Å². The maximum atomic E-state index is 12.4. The predicted molar refractivity (Wildman–Crippen MR) is 81.0 cm³/mol. The van der Waals surface area contributed by atoms with Crippen molar-refractivity contribution in [3.8, 4) is 0 Å². The Balaban J connectivity index is 2.20. The number of aromatic nitrogens is 2. The second-order valence-corrected chi connectivity index (χ2v) is 5.76. The lowest BCUT2D eigenvalue weighted by atomic mass is 10.1. The molecule has 106 valence electrons. The van der Waals surface area contributed by atoms with E-state index in [0.29, 0.717) is 5.56 Å². The average Bonchev–Trinajstić information content (AvgIpc) is 2.94. The summed E-state index contributed by atoms with van der Waals surface area (Å²) in [5.74, 6) is -0.136. The molecule has 0 atom stereocenters. The van der Waals surface area contributed by atoms with Crippen LogP contribution in [0.3, 0.4) is 0 Å². The Labute approximate surface area is 122 Å². The average molecular weight is 290 g/mol. The van der Waals surface area contributed by atoms with Gasteiger partial charge in [0.15, 0.2) is 0 Å². The third kappa shape index (κ3) is 3.14. The summed E-state index contributed by atoms with van der Waals surface area (Å²) < 4.78 is 0. The van der Waals surface area contributed by atoms with E-state index in [9.17, 15) is 4.79 Å². The molecule has 0 aliphatic carbocycles. The maximum absolute atomic E-state index is 12.4. The van der Waals surface area contributed by atoms with Crippen LogP contribution in [0.2, 0.25) is 0 Å². The van der Waals surface area contributed by atoms with Crippen LogP contribution in [0.4, 0.5) is 5.69 Å². The molecule has 0 radical (unpaired) electrons. The molecule has 2 N–H and O–H groups in total. The molecule has 0 unspecified atom stereocenters. The summed E-state index contributed by atoms with van der Waals surface area (Å²) in [6.07, 6.45) is 5.02. The highest BCUT2D eigenvalue weighted by Crippen LogP contribution is 2.23. The van der Waals surface area contributed by atoms with Gasteiger partial charge >= 0.3 is 0 Å². The zero-order chi connectivity index (χ0) is 14.6. The fourth-order valence-corrected chi connectivity index (χ4v) is 2.58. The van der Waals surface area contributed by atoms with Crippen LogP contribution in [0.25, 0.3) is 0 Å². The molecule has 0 saturated heterocycles. The van der Waals surface area contributed by atoms with Crippen molar-refractivity contribution in [1.29, 1.82) is 0 Å².